The minimum Gasteiger partial charge on any atom is -0.363 e. The highest BCUT2D eigenvalue weighted by atomic mass is 19.1. The number of anilines is 2. The zero-order chi connectivity index (χ0) is 19.8. The second-order valence-electron chi connectivity index (χ2n) is 8.49. The Morgan fingerprint density at radius 1 is 1.37 bits per heavy atom. The Hall–Kier alpha value is -2.44. The second kappa shape index (κ2) is 7.29. The molecule has 1 aliphatic heterocycles. The lowest BCUT2D eigenvalue weighted by Crippen LogP contribution is -2.31. The van der Waals surface area contributed by atoms with Crippen LogP contribution in [0.15, 0.2) is 12.3 Å². The third-order valence-corrected chi connectivity index (χ3v) is 4.76. The normalized spacial score (nSPS) is 14.2. The molecule has 0 unspecified atom stereocenters. The first kappa shape index (κ1) is 19.3. The van der Waals surface area contributed by atoms with Gasteiger partial charge in [0, 0.05) is 20.0 Å². The molecule has 1 aliphatic rings. The van der Waals surface area contributed by atoms with Crippen molar-refractivity contribution in [1.82, 2.24) is 14.5 Å². The highest BCUT2D eigenvalue weighted by Gasteiger charge is 2.23. The van der Waals surface area contributed by atoms with Gasteiger partial charge in [-0.2, -0.15) is 4.39 Å². The van der Waals surface area contributed by atoms with Gasteiger partial charge in [0.1, 0.15) is 11.6 Å². The number of fused-ring (bicyclic) bond motifs is 1. The van der Waals surface area contributed by atoms with Crippen LogP contribution in [0.1, 0.15) is 50.7 Å². The van der Waals surface area contributed by atoms with E-state index in [-0.39, 0.29) is 17.3 Å². The van der Waals surface area contributed by atoms with Crippen molar-refractivity contribution in [1.29, 1.82) is 0 Å². The summed E-state index contributed by atoms with van der Waals surface area (Å²) in [5, 5.41) is 2.96. The summed E-state index contributed by atoms with van der Waals surface area (Å²) in [5.41, 5.74) is 2.86. The van der Waals surface area contributed by atoms with Crippen LogP contribution in [-0.2, 0) is 24.8 Å². The summed E-state index contributed by atoms with van der Waals surface area (Å²) in [6, 6.07) is 2.06. The maximum Gasteiger partial charge on any atom is 0.226 e. The fourth-order valence-corrected chi connectivity index (χ4v) is 3.34. The molecule has 0 fully saturated rings. The molecule has 0 saturated heterocycles. The highest BCUT2D eigenvalue weighted by Crippen LogP contribution is 2.31. The number of rotatable bonds is 4. The highest BCUT2D eigenvalue weighted by molar-refractivity contribution is 5.91. The number of imidazole rings is 1. The van der Waals surface area contributed by atoms with Gasteiger partial charge in [-0.05, 0) is 36.8 Å². The maximum absolute atomic E-state index is 13.6. The number of pyridine rings is 1. The predicted molar refractivity (Wildman–Crippen MR) is 104 cm³/mol. The molecule has 0 radical (unpaired) electrons. The molecule has 146 valence electrons. The van der Waals surface area contributed by atoms with Gasteiger partial charge in [-0.3, -0.25) is 4.79 Å². The van der Waals surface area contributed by atoms with Crippen molar-refractivity contribution in [2.75, 3.05) is 16.8 Å². The minimum atomic E-state index is -0.339. The van der Waals surface area contributed by atoms with Crippen LogP contribution in [0.2, 0.25) is 0 Å². The van der Waals surface area contributed by atoms with Crippen LogP contribution >= 0.6 is 0 Å². The molecule has 3 rings (SSSR count). The monoisotopic (exact) mass is 373 g/mol. The lowest BCUT2D eigenvalue weighted by atomic mass is 9.92. The van der Waals surface area contributed by atoms with Crippen molar-refractivity contribution in [2.24, 2.45) is 12.5 Å². The van der Waals surface area contributed by atoms with Gasteiger partial charge in [0.25, 0.3) is 0 Å². The number of hydrogen-bond donors (Lipinski definition) is 1. The molecule has 2 aromatic rings. The molecule has 0 atom stereocenters. The largest absolute Gasteiger partial charge is 0.363 e. The van der Waals surface area contributed by atoms with Crippen LogP contribution in [0.3, 0.4) is 0 Å². The van der Waals surface area contributed by atoms with Crippen LogP contribution in [0.25, 0.3) is 0 Å². The molecule has 6 nitrogen and oxygen atoms in total. The number of hydrogen-bond acceptors (Lipinski definition) is 4. The molecular weight excluding hydrogens is 345 g/mol. The fraction of sp³-hybridized carbons (Fsp3) is 0.550. The second-order valence-corrected chi connectivity index (χ2v) is 8.49. The molecule has 2 aromatic heterocycles. The maximum atomic E-state index is 13.6. The number of nitrogens with one attached hydrogen (secondary N) is 1. The summed E-state index contributed by atoms with van der Waals surface area (Å²) in [4.78, 5) is 23.4. The van der Waals surface area contributed by atoms with Gasteiger partial charge in [0.05, 0.1) is 24.1 Å². The van der Waals surface area contributed by atoms with Crippen molar-refractivity contribution in [3.8, 4) is 0 Å². The van der Waals surface area contributed by atoms with E-state index in [1.54, 1.807) is 7.05 Å². The summed E-state index contributed by atoms with van der Waals surface area (Å²) < 4.78 is 15.0. The lowest BCUT2D eigenvalue weighted by Gasteiger charge is -2.31. The zero-order valence-electron chi connectivity index (χ0n) is 16.8. The molecule has 0 bridgehead atoms. The smallest absolute Gasteiger partial charge is 0.226 e. The first-order chi connectivity index (χ1) is 12.6. The van der Waals surface area contributed by atoms with Gasteiger partial charge in [-0.1, -0.05) is 20.8 Å². The van der Waals surface area contributed by atoms with E-state index in [0.717, 1.165) is 36.3 Å². The Balaban J connectivity index is 1.82. The third kappa shape index (κ3) is 4.46. The van der Waals surface area contributed by atoms with Gasteiger partial charge in [0.2, 0.25) is 11.9 Å². The number of halogens is 1. The van der Waals surface area contributed by atoms with E-state index in [0.29, 0.717) is 24.6 Å². The van der Waals surface area contributed by atoms with Crippen LogP contribution in [0, 0.1) is 18.3 Å². The zero-order valence-corrected chi connectivity index (χ0v) is 16.8. The minimum absolute atomic E-state index is 0.0193. The summed E-state index contributed by atoms with van der Waals surface area (Å²) in [7, 11) is 1.68. The summed E-state index contributed by atoms with van der Waals surface area (Å²) in [5.74, 6) is 0.955. The van der Waals surface area contributed by atoms with Crippen molar-refractivity contribution < 1.29 is 9.18 Å². The lowest BCUT2D eigenvalue weighted by molar-refractivity contribution is -0.117. The van der Waals surface area contributed by atoms with E-state index < -0.39 is 0 Å². The Morgan fingerprint density at radius 2 is 2.11 bits per heavy atom. The van der Waals surface area contributed by atoms with Crippen LogP contribution in [0.5, 0.6) is 0 Å². The van der Waals surface area contributed by atoms with Gasteiger partial charge in [0.15, 0.2) is 0 Å². The Bertz CT molecular complexity index is 853. The molecule has 1 amide bonds. The van der Waals surface area contributed by atoms with E-state index in [1.807, 2.05) is 27.7 Å². The predicted octanol–water partition coefficient (Wildman–Crippen LogP) is 3.59. The molecule has 0 spiro atoms. The fourth-order valence-electron chi connectivity index (χ4n) is 3.34. The van der Waals surface area contributed by atoms with E-state index in [9.17, 15) is 9.18 Å². The van der Waals surface area contributed by atoms with Gasteiger partial charge < -0.3 is 14.8 Å². The number of aryl methyl sites for hydroxylation is 2. The first-order valence-corrected chi connectivity index (χ1v) is 9.35. The van der Waals surface area contributed by atoms with Gasteiger partial charge >= 0.3 is 0 Å². The number of amides is 1. The molecule has 0 aliphatic carbocycles. The van der Waals surface area contributed by atoms with Crippen LogP contribution in [-0.4, -0.2) is 27.0 Å². The SMILES string of the molecule is Cc1cc2c(nc1NC(=O)CC(C)(C)C)CCCN2Cc1ncc(F)n1C. The number of carbonyl (C=O) groups excluding carboxylic acids is 1. The van der Waals surface area contributed by atoms with Gasteiger partial charge in [-0.25, -0.2) is 9.97 Å². The Labute approximate surface area is 159 Å². The van der Waals surface area contributed by atoms with Crippen LogP contribution < -0.4 is 10.2 Å². The summed E-state index contributed by atoms with van der Waals surface area (Å²) in [6.45, 7) is 9.48. The van der Waals surface area contributed by atoms with Gasteiger partial charge in [-0.15, -0.1) is 0 Å². The van der Waals surface area contributed by atoms with E-state index >= 15 is 0 Å². The molecular formula is C20H28FN5O. The number of nitrogens with zero attached hydrogens (tertiary/aromatic N) is 4. The Morgan fingerprint density at radius 3 is 2.74 bits per heavy atom. The van der Waals surface area contributed by atoms with E-state index in [1.165, 1.54) is 10.8 Å². The van der Waals surface area contributed by atoms with Crippen molar-refractivity contribution in [2.45, 2.75) is 53.5 Å². The van der Waals surface area contributed by atoms with E-state index in [4.69, 9.17) is 4.98 Å². The molecule has 1 N–H and O–H groups in total. The number of carbonyl (C=O) groups is 1. The summed E-state index contributed by atoms with van der Waals surface area (Å²) >= 11 is 0. The molecule has 27 heavy (non-hydrogen) atoms. The number of aromatic nitrogens is 3. The average molecular weight is 373 g/mol. The molecule has 0 aromatic carbocycles. The van der Waals surface area contributed by atoms with E-state index in [2.05, 4.69) is 21.3 Å². The molecule has 7 heteroatoms. The first-order valence-electron chi connectivity index (χ1n) is 9.35. The third-order valence-electron chi connectivity index (χ3n) is 4.76. The van der Waals surface area contributed by atoms with Crippen molar-refractivity contribution in [3.63, 3.8) is 0 Å². The summed E-state index contributed by atoms with van der Waals surface area (Å²) in [6.07, 6.45) is 3.52. The van der Waals surface area contributed by atoms with Crippen molar-refractivity contribution in [3.05, 3.63) is 35.3 Å². The standard InChI is InChI=1S/C20H28FN5O/c1-13-9-15-14(23-19(13)24-18(27)10-20(2,3)4)7-6-8-26(15)12-17-22-11-16(21)25(17)5/h9,11H,6-8,10,12H2,1-5H3,(H,23,24,27). The topological polar surface area (TPSA) is 63.1 Å². The van der Waals surface area contributed by atoms with Crippen LogP contribution in [0.4, 0.5) is 15.9 Å². The molecule has 0 saturated carbocycles. The quantitative estimate of drug-likeness (QED) is 0.890. The molecule has 3 heterocycles. The van der Waals surface area contributed by atoms with Crippen molar-refractivity contribution >= 4 is 17.4 Å². The Kier molecular flexibility index (Phi) is 5.22. The average Bonchev–Trinajstić information content (AvgIpc) is 2.86.